The van der Waals surface area contributed by atoms with Crippen molar-refractivity contribution in [2.75, 3.05) is 40.6 Å². The lowest BCUT2D eigenvalue weighted by molar-refractivity contribution is 0.170. The summed E-state index contributed by atoms with van der Waals surface area (Å²) < 4.78 is 16.3. The van der Waals surface area contributed by atoms with E-state index < -0.39 is 0 Å². The molecule has 6 heteroatoms. The van der Waals surface area contributed by atoms with E-state index in [1.807, 2.05) is 7.05 Å². The monoisotopic (exact) mass is 328 g/mol. The van der Waals surface area contributed by atoms with Gasteiger partial charge in [0.15, 0.2) is 11.5 Å². The van der Waals surface area contributed by atoms with Crippen LogP contribution in [0.5, 0.6) is 17.2 Å². The number of nitrogens with one attached hydrogen (secondary N) is 1. The lowest BCUT2D eigenvalue weighted by atomic mass is 9.96. The molecule has 1 fully saturated rings. The second-order valence-electron chi connectivity index (χ2n) is 5.81. The molecule has 124 valence electrons. The van der Waals surface area contributed by atoms with Gasteiger partial charge in [-0.2, -0.15) is 0 Å². The van der Waals surface area contributed by atoms with Crippen LogP contribution in [0.3, 0.4) is 0 Å². The van der Waals surface area contributed by atoms with Crippen molar-refractivity contribution in [3.8, 4) is 17.2 Å². The van der Waals surface area contributed by atoms with Crippen molar-refractivity contribution in [1.29, 1.82) is 0 Å². The highest BCUT2D eigenvalue weighted by atomic mass is 35.5. The first-order valence-corrected chi connectivity index (χ1v) is 7.63. The molecule has 2 aliphatic rings. The number of hydrogen-bond donors (Lipinski definition) is 1. The van der Waals surface area contributed by atoms with Gasteiger partial charge in [-0.1, -0.05) is 0 Å². The Morgan fingerprint density at radius 3 is 2.73 bits per heavy atom. The molecule has 1 aromatic carbocycles. The standard InChI is InChI=1S/C16H24N2O3.ClH/c1-17-9-12-3-5-18(6-4-12)10-13-7-14(19-2)16-15(8-13)20-11-21-16;/h7-8,12,17H,3-6,9-11H2,1-2H3;1H. The van der Waals surface area contributed by atoms with Crippen molar-refractivity contribution >= 4 is 12.4 Å². The van der Waals surface area contributed by atoms with E-state index in [0.29, 0.717) is 0 Å². The number of rotatable bonds is 5. The normalized spacial score (nSPS) is 18.1. The fourth-order valence-electron chi connectivity index (χ4n) is 3.17. The first-order valence-electron chi connectivity index (χ1n) is 7.63. The molecule has 0 aromatic heterocycles. The highest BCUT2D eigenvalue weighted by Gasteiger charge is 2.22. The van der Waals surface area contributed by atoms with E-state index >= 15 is 0 Å². The van der Waals surface area contributed by atoms with Gasteiger partial charge in [-0.25, -0.2) is 0 Å². The number of piperidine rings is 1. The highest BCUT2D eigenvalue weighted by Crippen LogP contribution is 2.42. The minimum absolute atomic E-state index is 0. The topological polar surface area (TPSA) is 43.0 Å². The lowest BCUT2D eigenvalue weighted by Crippen LogP contribution is -2.36. The van der Waals surface area contributed by atoms with Crippen molar-refractivity contribution in [3.05, 3.63) is 17.7 Å². The van der Waals surface area contributed by atoms with Crippen LogP contribution in [0.15, 0.2) is 12.1 Å². The van der Waals surface area contributed by atoms with Gasteiger partial charge in [0.1, 0.15) is 0 Å². The van der Waals surface area contributed by atoms with Crippen molar-refractivity contribution in [2.45, 2.75) is 19.4 Å². The Morgan fingerprint density at radius 1 is 1.27 bits per heavy atom. The van der Waals surface area contributed by atoms with Crippen molar-refractivity contribution in [3.63, 3.8) is 0 Å². The molecule has 0 radical (unpaired) electrons. The third kappa shape index (κ3) is 3.77. The van der Waals surface area contributed by atoms with Gasteiger partial charge in [-0.05, 0) is 63.1 Å². The zero-order chi connectivity index (χ0) is 14.7. The lowest BCUT2D eigenvalue weighted by Gasteiger charge is -2.32. The fourth-order valence-corrected chi connectivity index (χ4v) is 3.17. The van der Waals surface area contributed by atoms with Gasteiger partial charge in [0.2, 0.25) is 12.5 Å². The molecule has 2 heterocycles. The summed E-state index contributed by atoms with van der Waals surface area (Å²) >= 11 is 0. The molecule has 5 nitrogen and oxygen atoms in total. The maximum absolute atomic E-state index is 5.49. The Hall–Kier alpha value is -1.17. The third-order valence-corrected chi connectivity index (χ3v) is 4.32. The van der Waals surface area contributed by atoms with E-state index in [9.17, 15) is 0 Å². The average Bonchev–Trinajstić information content (AvgIpc) is 2.97. The molecule has 1 aromatic rings. The third-order valence-electron chi connectivity index (χ3n) is 4.32. The largest absolute Gasteiger partial charge is 0.493 e. The number of likely N-dealkylation sites (tertiary alicyclic amines) is 1. The summed E-state index contributed by atoms with van der Waals surface area (Å²) in [5.41, 5.74) is 1.23. The molecule has 1 saturated heterocycles. The number of ether oxygens (including phenoxy) is 3. The summed E-state index contributed by atoms with van der Waals surface area (Å²) in [6.07, 6.45) is 2.53. The minimum Gasteiger partial charge on any atom is -0.493 e. The predicted octanol–water partition coefficient (Wildman–Crippen LogP) is 2.28. The maximum atomic E-state index is 5.49. The predicted molar refractivity (Wildman–Crippen MR) is 88.3 cm³/mol. The van der Waals surface area contributed by atoms with E-state index in [0.717, 1.165) is 49.3 Å². The summed E-state index contributed by atoms with van der Waals surface area (Å²) in [6, 6.07) is 4.14. The quantitative estimate of drug-likeness (QED) is 0.898. The number of halogens is 1. The van der Waals surface area contributed by atoms with Crippen molar-refractivity contribution < 1.29 is 14.2 Å². The van der Waals surface area contributed by atoms with E-state index in [2.05, 4.69) is 22.3 Å². The fraction of sp³-hybridized carbons (Fsp3) is 0.625. The first kappa shape index (κ1) is 17.2. The van der Waals surface area contributed by atoms with E-state index in [4.69, 9.17) is 14.2 Å². The van der Waals surface area contributed by atoms with Crippen molar-refractivity contribution in [2.24, 2.45) is 5.92 Å². The molecular weight excluding hydrogens is 304 g/mol. The van der Waals surface area contributed by atoms with Gasteiger partial charge < -0.3 is 19.5 Å². The molecule has 0 amide bonds. The first-order chi connectivity index (χ1) is 10.3. The number of fused-ring (bicyclic) bond motifs is 1. The number of nitrogens with zero attached hydrogens (tertiary/aromatic N) is 1. The molecule has 0 bridgehead atoms. The number of hydrogen-bond acceptors (Lipinski definition) is 5. The van der Waals surface area contributed by atoms with Gasteiger partial charge in [-0.3, -0.25) is 4.90 Å². The van der Waals surface area contributed by atoms with Gasteiger partial charge in [0.25, 0.3) is 0 Å². The number of benzene rings is 1. The maximum Gasteiger partial charge on any atom is 0.231 e. The molecule has 22 heavy (non-hydrogen) atoms. The Morgan fingerprint density at radius 2 is 2.05 bits per heavy atom. The molecular formula is C16H25ClN2O3. The summed E-state index contributed by atoms with van der Waals surface area (Å²) in [4.78, 5) is 2.50. The zero-order valence-corrected chi connectivity index (χ0v) is 14.1. The minimum atomic E-state index is 0. The van der Waals surface area contributed by atoms with E-state index in [1.165, 1.54) is 18.4 Å². The van der Waals surface area contributed by atoms with Crippen LogP contribution in [0.2, 0.25) is 0 Å². The molecule has 0 saturated carbocycles. The van der Waals surface area contributed by atoms with Crippen LogP contribution in [-0.2, 0) is 6.54 Å². The van der Waals surface area contributed by atoms with Crippen molar-refractivity contribution in [1.82, 2.24) is 10.2 Å². The van der Waals surface area contributed by atoms with Crippen LogP contribution in [-0.4, -0.2) is 45.5 Å². The Balaban J connectivity index is 0.00000176. The molecule has 0 spiro atoms. The van der Waals surface area contributed by atoms with Gasteiger partial charge in [0, 0.05) is 6.54 Å². The SMILES string of the molecule is CNCC1CCN(Cc2cc(OC)c3c(c2)OCO3)CC1.Cl. The molecule has 0 aliphatic carbocycles. The zero-order valence-electron chi connectivity index (χ0n) is 13.3. The van der Waals surface area contributed by atoms with Crippen LogP contribution < -0.4 is 19.5 Å². The van der Waals surface area contributed by atoms with E-state index in [1.54, 1.807) is 7.11 Å². The highest BCUT2D eigenvalue weighted by molar-refractivity contribution is 5.85. The Kier molecular flexibility index (Phi) is 6.17. The van der Waals surface area contributed by atoms with Crippen LogP contribution in [0.25, 0.3) is 0 Å². The Bertz CT molecular complexity index is 491. The summed E-state index contributed by atoms with van der Waals surface area (Å²) in [7, 11) is 3.70. The average molecular weight is 329 g/mol. The van der Waals surface area contributed by atoms with Crippen LogP contribution in [0.4, 0.5) is 0 Å². The molecule has 0 atom stereocenters. The summed E-state index contributed by atoms with van der Waals surface area (Å²) in [5.74, 6) is 3.12. The van der Waals surface area contributed by atoms with E-state index in [-0.39, 0.29) is 19.2 Å². The van der Waals surface area contributed by atoms with Gasteiger partial charge in [0.05, 0.1) is 7.11 Å². The second-order valence-corrected chi connectivity index (χ2v) is 5.81. The van der Waals surface area contributed by atoms with Gasteiger partial charge >= 0.3 is 0 Å². The van der Waals surface area contributed by atoms with Crippen LogP contribution in [0, 0.1) is 5.92 Å². The van der Waals surface area contributed by atoms with Crippen LogP contribution >= 0.6 is 12.4 Å². The number of methoxy groups -OCH3 is 1. The van der Waals surface area contributed by atoms with Crippen LogP contribution in [0.1, 0.15) is 18.4 Å². The molecule has 3 rings (SSSR count). The molecule has 2 aliphatic heterocycles. The van der Waals surface area contributed by atoms with Gasteiger partial charge in [-0.15, -0.1) is 12.4 Å². The summed E-state index contributed by atoms with van der Waals surface area (Å²) in [5, 5.41) is 3.28. The second kappa shape index (κ2) is 7.90. The molecule has 1 N–H and O–H groups in total. The Labute approximate surface area is 138 Å². The molecule has 0 unspecified atom stereocenters. The smallest absolute Gasteiger partial charge is 0.231 e. The summed E-state index contributed by atoms with van der Waals surface area (Å²) in [6.45, 7) is 4.67.